The van der Waals surface area contributed by atoms with Crippen molar-refractivity contribution in [1.29, 1.82) is 0 Å². The Bertz CT molecular complexity index is 609. The summed E-state index contributed by atoms with van der Waals surface area (Å²) < 4.78 is 52.4. The zero-order valence-corrected chi connectivity index (χ0v) is 10.3. The summed E-state index contributed by atoms with van der Waals surface area (Å²) in [7, 11) is 0. The number of carboxylic acid groups (broad SMARTS) is 1. The molecule has 106 valence electrons. The predicted molar refractivity (Wildman–Crippen MR) is 61.8 cm³/mol. The van der Waals surface area contributed by atoms with Gasteiger partial charge in [0.25, 0.3) is 11.9 Å². The monoisotopic (exact) mass is 307 g/mol. The molecule has 0 aliphatic carbocycles. The highest BCUT2D eigenvalue weighted by Gasteiger charge is 2.24. The second-order valence-electron chi connectivity index (χ2n) is 3.60. The van der Waals surface area contributed by atoms with Crippen molar-refractivity contribution in [1.82, 2.24) is 4.98 Å². The summed E-state index contributed by atoms with van der Waals surface area (Å²) in [6.07, 6.45) is 1.03. The minimum Gasteiger partial charge on any atom is -0.481 e. The van der Waals surface area contributed by atoms with Crippen LogP contribution in [-0.2, 0) is 4.79 Å². The van der Waals surface area contributed by atoms with Crippen LogP contribution in [0.3, 0.4) is 0 Å². The van der Waals surface area contributed by atoms with E-state index >= 15 is 0 Å². The molecule has 2 rings (SSSR count). The fourth-order valence-corrected chi connectivity index (χ4v) is 2.05. The minimum atomic E-state index is -1.78. The molecule has 1 N–H and O–H groups in total. The summed E-state index contributed by atoms with van der Waals surface area (Å²) in [5.74, 6) is -8.98. The summed E-state index contributed by atoms with van der Waals surface area (Å²) in [5.41, 5.74) is 0. The van der Waals surface area contributed by atoms with Crippen LogP contribution in [0.5, 0.6) is 0 Å². The van der Waals surface area contributed by atoms with Crippen molar-refractivity contribution in [2.75, 3.05) is 6.54 Å². The quantitative estimate of drug-likeness (QED) is 0.668. The molecule has 2 heterocycles. The first kappa shape index (κ1) is 14.4. The summed E-state index contributed by atoms with van der Waals surface area (Å²) in [6, 6.07) is 0. The molecule has 0 amide bonds. The highest BCUT2D eigenvalue weighted by molar-refractivity contribution is 8.14. The number of thioether (sulfide) groups is 1. The van der Waals surface area contributed by atoms with Crippen molar-refractivity contribution >= 4 is 29.1 Å². The maximum Gasteiger partial charge on any atom is 0.313 e. The van der Waals surface area contributed by atoms with E-state index in [2.05, 4.69) is 15.0 Å². The molecule has 0 saturated heterocycles. The Morgan fingerprint density at radius 3 is 2.30 bits per heavy atom. The van der Waals surface area contributed by atoms with Gasteiger partial charge < -0.3 is 5.11 Å². The van der Waals surface area contributed by atoms with Gasteiger partial charge in [-0.25, -0.2) is 13.8 Å². The summed E-state index contributed by atoms with van der Waals surface area (Å²) in [4.78, 5) is 19.3. The minimum absolute atomic E-state index is 0.180. The molecule has 0 bridgehead atoms. The number of hydrogen-bond donors (Lipinski definition) is 1. The molecule has 1 atom stereocenters. The molecule has 1 aromatic rings. The molecule has 1 aromatic heterocycles. The number of aromatic nitrogens is 1. The predicted octanol–water partition coefficient (Wildman–Crippen LogP) is 1.87. The molecule has 0 spiro atoms. The van der Waals surface area contributed by atoms with Crippen molar-refractivity contribution in [3.8, 4) is 0 Å². The normalized spacial score (nSPS) is 18.0. The van der Waals surface area contributed by atoms with Crippen molar-refractivity contribution in [2.24, 2.45) is 15.9 Å². The molecular formula is C10H5F4N3O2S. The van der Waals surface area contributed by atoms with Crippen LogP contribution in [0, 0.1) is 29.4 Å². The largest absolute Gasteiger partial charge is 0.481 e. The topological polar surface area (TPSA) is 74.9 Å². The van der Waals surface area contributed by atoms with Gasteiger partial charge in [0, 0.05) is 6.21 Å². The third-order valence-electron chi connectivity index (χ3n) is 2.26. The fourth-order valence-electron chi connectivity index (χ4n) is 1.27. The van der Waals surface area contributed by atoms with E-state index in [0.717, 1.165) is 6.21 Å². The van der Waals surface area contributed by atoms with Crippen LogP contribution in [0.1, 0.15) is 0 Å². The van der Waals surface area contributed by atoms with Gasteiger partial charge in [0.2, 0.25) is 0 Å². The maximum absolute atomic E-state index is 13.3. The standard InChI is InChI=1S/C10H5F4N3O2S/c11-4-6(5(12)8(14)17-7(4)13)20-10-15-1-3(2-16-10)9(18)19/h1,3H,2H2,(H,18,19). The molecule has 0 saturated carbocycles. The lowest BCUT2D eigenvalue weighted by Crippen LogP contribution is -2.22. The van der Waals surface area contributed by atoms with E-state index in [0.29, 0.717) is 0 Å². The second-order valence-corrected chi connectivity index (χ2v) is 4.58. The third kappa shape index (κ3) is 2.79. The Kier molecular flexibility index (Phi) is 4.02. The molecule has 1 aliphatic rings. The molecule has 5 nitrogen and oxygen atoms in total. The number of aliphatic imine (C=N–C) groups is 2. The van der Waals surface area contributed by atoms with Gasteiger partial charge >= 0.3 is 5.97 Å². The number of aliphatic carboxylic acids is 1. The lowest BCUT2D eigenvalue weighted by Gasteiger charge is -2.11. The Balaban J connectivity index is 2.25. The smallest absolute Gasteiger partial charge is 0.313 e. The fraction of sp³-hybridized carbons (Fsp3) is 0.200. The zero-order chi connectivity index (χ0) is 14.9. The first-order chi connectivity index (χ1) is 9.40. The Morgan fingerprint density at radius 2 is 1.85 bits per heavy atom. The highest BCUT2D eigenvalue weighted by Crippen LogP contribution is 2.29. The van der Waals surface area contributed by atoms with Crippen LogP contribution in [0.15, 0.2) is 14.9 Å². The van der Waals surface area contributed by atoms with E-state index in [9.17, 15) is 22.4 Å². The average Bonchev–Trinajstić information content (AvgIpc) is 2.42. The Hall–Kier alpha value is -1.97. The van der Waals surface area contributed by atoms with Crippen molar-refractivity contribution < 1.29 is 27.5 Å². The molecular weight excluding hydrogens is 302 g/mol. The summed E-state index contributed by atoms with van der Waals surface area (Å²) in [5, 5.41) is 8.48. The van der Waals surface area contributed by atoms with Gasteiger partial charge in [0.15, 0.2) is 16.8 Å². The lowest BCUT2D eigenvalue weighted by molar-refractivity contribution is -0.138. The van der Waals surface area contributed by atoms with Gasteiger partial charge in [0.05, 0.1) is 11.4 Å². The van der Waals surface area contributed by atoms with Gasteiger partial charge in [-0.1, -0.05) is 0 Å². The zero-order valence-electron chi connectivity index (χ0n) is 9.48. The average molecular weight is 307 g/mol. The number of carbonyl (C=O) groups is 1. The maximum atomic E-state index is 13.3. The van der Waals surface area contributed by atoms with Gasteiger partial charge in [-0.05, 0) is 11.8 Å². The van der Waals surface area contributed by atoms with Crippen LogP contribution in [-0.4, -0.2) is 34.0 Å². The number of nitrogens with zero attached hydrogens (tertiary/aromatic N) is 3. The van der Waals surface area contributed by atoms with Gasteiger partial charge in [-0.15, -0.1) is 0 Å². The van der Waals surface area contributed by atoms with Crippen molar-refractivity contribution in [3.63, 3.8) is 0 Å². The van der Waals surface area contributed by atoms with Crippen LogP contribution in [0.4, 0.5) is 17.6 Å². The van der Waals surface area contributed by atoms with Crippen LogP contribution in [0.25, 0.3) is 0 Å². The van der Waals surface area contributed by atoms with Crippen molar-refractivity contribution in [3.05, 3.63) is 23.5 Å². The van der Waals surface area contributed by atoms with E-state index < -0.39 is 40.3 Å². The lowest BCUT2D eigenvalue weighted by atomic mass is 10.2. The van der Waals surface area contributed by atoms with E-state index in [1.807, 2.05) is 0 Å². The van der Waals surface area contributed by atoms with Gasteiger partial charge in [-0.3, -0.25) is 9.79 Å². The summed E-state index contributed by atoms with van der Waals surface area (Å²) >= 11 is 0.249. The van der Waals surface area contributed by atoms with Crippen LogP contribution in [0.2, 0.25) is 0 Å². The van der Waals surface area contributed by atoms with Gasteiger partial charge in [-0.2, -0.15) is 13.8 Å². The van der Waals surface area contributed by atoms with E-state index in [1.54, 1.807) is 0 Å². The molecule has 0 radical (unpaired) electrons. The van der Waals surface area contributed by atoms with Gasteiger partial charge in [0.1, 0.15) is 5.92 Å². The van der Waals surface area contributed by atoms with E-state index in [1.165, 1.54) is 0 Å². The number of hydrogen-bond acceptors (Lipinski definition) is 5. The SMILES string of the molecule is O=C(O)C1C=NC(Sc2c(F)c(F)nc(F)c2F)=NC1. The summed E-state index contributed by atoms with van der Waals surface area (Å²) in [6.45, 7) is -0.180. The van der Waals surface area contributed by atoms with E-state index in [-0.39, 0.29) is 23.5 Å². The molecule has 1 unspecified atom stereocenters. The number of carboxylic acids is 1. The molecule has 0 aromatic carbocycles. The number of amidine groups is 1. The molecule has 1 aliphatic heterocycles. The second kappa shape index (κ2) is 5.57. The highest BCUT2D eigenvalue weighted by atomic mass is 32.2. The first-order valence-electron chi connectivity index (χ1n) is 5.09. The number of pyridine rings is 1. The Morgan fingerprint density at radius 1 is 1.25 bits per heavy atom. The van der Waals surface area contributed by atoms with E-state index in [4.69, 9.17) is 5.11 Å². The number of rotatable bonds is 2. The molecule has 10 heteroatoms. The first-order valence-corrected chi connectivity index (χ1v) is 5.91. The molecule has 20 heavy (non-hydrogen) atoms. The third-order valence-corrected chi connectivity index (χ3v) is 3.24. The molecule has 0 fully saturated rings. The Labute approximate surface area is 113 Å². The van der Waals surface area contributed by atoms with Crippen LogP contribution >= 0.6 is 11.8 Å². The number of halogens is 4. The van der Waals surface area contributed by atoms with Crippen molar-refractivity contribution in [2.45, 2.75) is 4.90 Å². The van der Waals surface area contributed by atoms with Crippen LogP contribution < -0.4 is 0 Å².